The molecule has 2 heterocycles. The maximum atomic E-state index is 12.5. The molecule has 4 unspecified atom stereocenters. The Kier molecular flexibility index (Phi) is 18.1. The Morgan fingerprint density at radius 1 is 0.804 bits per heavy atom. The number of likely N-dealkylation sites (tertiary alicyclic amines) is 2. The van der Waals surface area contributed by atoms with Crippen molar-refractivity contribution >= 4 is 72.8 Å². The van der Waals surface area contributed by atoms with Crippen LogP contribution in [0.1, 0.15) is 64.3 Å². The number of hydrogen-bond donors (Lipinski definition) is 2. The summed E-state index contributed by atoms with van der Waals surface area (Å²) in [6, 6.07) is 13.1. The largest absolute Gasteiger partial charge is 0.468 e. The van der Waals surface area contributed by atoms with E-state index in [1.807, 2.05) is 54.8 Å². The Morgan fingerprint density at radius 3 is 1.65 bits per heavy atom. The van der Waals surface area contributed by atoms with Crippen molar-refractivity contribution in [2.24, 2.45) is 0 Å². The van der Waals surface area contributed by atoms with Crippen LogP contribution in [0.25, 0.3) is 0 Å². The highest BCUT2D eigenvalue weighted by molar-refractivity contribution is 7.81. The highest BCUT2D eigenvalue weighted by Crippen LogP contribution is 2.34. The zero-order chi connectivity index (χ0) is 37.0. The van der Waals surface area contributed by atoms with Crippen molar-refractivity contribution in [1.82, 2.24) is 9.80 Å². The number of piperidine rings is 2. The second kappa shape index (κ2) is 20.9. The van der Waals surface area contributed by atoms with E-state index in [0.29, 0.717) is 66.7 Å². The minimum atomic E-state index is -0.666. The number of ether oxygens (including phenoxy) is 4. The Bertz CT molecular complexity index is 1560. The molecule has 2 aromatic carbocycles. The van der Waals surface area contributed by atoms with E-state index in [1.165, 1.54) is 26.6 Å². The lowest BCUT2D eigenvalue weighted by atomic mass is 9.98. The van der Waals surface area contributed by atoms with Gasteiger partial charge >= 0.3 is 17.9 Å². The molecule has 4 rings (SSSR count). The Morgan fingerprint density at radius 2 is 1.24 bits per heavy atom. The first-order valence-electron chi connectivity index (χ1n) is 15.9. The minimum Gasteiger partial charge on any atom is -0.468 e. The molecule has 2 aliphatic rings. The molecule has 0 radical (unpaired) electrons. The van der Waals surface area contributed by atoms with Crippen LogP contribution in [0.15, 0.2) is 72.0 Å². The van der Waals surface area contributed by atoms with Crippen LogP contribution in [-0.2, 0) is 38.1 Å². The number of carbonyl (C=O) groups excluding carboxylic acids is 4. The summed E-state index contributed by atoms with van der Waals surface area (Å²) in [6.07, 6.45) is 4.24. The van der Waals surface area contributed by atoms with Crippen molar-refractivity contribution < 1.29 is 38.1 Å². The van der Waals surface area contributed by atoms with E-state index in [-0.39, 0.29) is 17.9 Å². The van der Waals surface area contributed by atoms with Gasteiger partial charge in [-0.3, -0.25) is 14.6 Å². The number of carbonyl (C=O) groups is 4. The van der Waals surface area contributed by atoms with Crippen LogP contribution in [-0.4, -0.2) is 90.7 Å². The summed E-state index contributed by atoms with van der Waals surface area (Å²) in [6.45, 7) is 7.89. The molecule has 2 fully saturated rings. The predicted octanol–water partition coefficient (Wildman–Crippen LogP) is 7.08. The molecule has 0 N–H and O–H groups in total. The molecule has 10 nitrogen and oxygen atoms in total. The summed E-state index contributed by atoms with van der Waals surface area (Å²) in [5.41, 5.74) is 2.53. The van der Waals surface area contributed by atoms with Crippen LogP contribution in [0.5, 0.6) is 0 Å². The Labute approximate surface area is 322 Å². The molecular weight excluding hydrogens is 735 g/mol. The van der Waals surface area contributed by atoms with Crippen molar-refractivity contribution in [3.63, 3.8) is 0 Å². The Hall–Kier alpha value is -3.00. The molecule has 0 bridgehead atoms. The van der Waals surface area contributed by atoms with Crippen LogP contribution in [0.4, 0.5) is 0 Å². The molecule has 2 saturated heterocycles. The smallest absolute Gasteiger partial charge is 0.331 e. The Balaban J connectivity index is 0.000000351. The molecule has 0 aromatic heterocycles. The average Bonchev–Trinajstić information content (AvgIpc) is 3.04. The van der Waals surface area contributed by atoms with E-state index in [1.54, 1.807) is 24.3 Å². The van der Waals surface area contributed by atoms with Gasteiger partial charge in [0.2, 0.25) is 0 Å². The lowest BCUT2D eigenvalue weighted by molar-refractivity contribution is -0.149. The van der Waals surface area contributed by atoms with E-state index < -0.39 is 35.6 Å². The van der Waals surface area contributed by atoms with Crippen molar-refractivity contribution in [1.29, 1.82) is 0 Å². The summed E-state index contributed by atoms with van der Waals surface area (Å²) in [5, 5.41) is 0.979. The van der Waals surface area contributed by atoms with Gasteiger partial charge in [-0.25, -0.2) is 14.4 Å². The molecule has 0 spiro atoms. The molecule has 14 heteroatoms. The van der Waals surface area contributed by atoms with E-state index in [4.69, 9.17) is 42.1 Å². The average molecular weight is 784 g/mol. The molecular formula is C37H48Cl2N2O8S2. The summed E-state index contributed by atoms with van der Waals surface area (Å²) < 4.78 is 20.1. The van der Waals surface area contributed by atoms with Gasteiger partial charge in [0, 0.05) is 52.8 Å². The number of thiol groups is 2. The standard InChI is InChI=1S/C20H26ClNO4S.C16H18ClNO4S.CH4/c1-20(2,3)26-17(23)10-13-9-14(27)12-22(11-13)18(19(24)25-4)15-7-5-6-8-16(15)21;1-21-16(20)15(13-4-2-3-5-14(13)17)18-7-11(9-22-10-19)6-12(23)8-18;/h5-8,10,14,18,27H,9,11-12H2,1-4H3;2-5,9-10,12,15,23H,6-8H2,1H3;1H4. The van der Waals surface area contributed by atoms with E-state index in [9.17, 15) is 19.2 Å². The van der Waals surface area contributed by atoms with Crippen molar-refractivity contribution in [2.45, 2.75) is 69.2 Å². The fraction of sp³-hybridized carbons (Fsp3) is 0.459. The topological polar surface area (TPSA) is 112 Å². The number of esters is 3. The first-order chi connectivity index (χ1) is 23.7. The highest BCUT2D eigenvalue weighted by Gasteiger charge is 2.36. The lowest BCUT2D eigenvalue weighted by Gasteiger charge is -2.37. The van der Waals surface area contributed by atoms with Gasteiger partial charge in [-0.1, -0.05) is 67.0 Å². The quantitative estimate of drug-likeness (QED) is 0.0684. The number of nitrogens with zero attached hydrogens (tertiary/aromatic N) is 2. The fourth-order valence-corrected chi connectivity index (χ4v) is 7.19. The van der Waals surface area contributed by atoms with E-state index in [0.717, 1.165) is 11.1 Å². The van der Waals surface area contributed by atoms with Gasteiger partial charge in [0.1, 0.15) is 17.7 Å². The maximum Gasteiger partial charge on any atom is 0.331 e. The van der Waals surface area contributed by atoms with Gasteiger partial charge in [-0.05, 0) is 68.0 Å². The van der Waals surface area contributed by atoms with Gasteiger partial charge in [0.15, 0.2) is 0 Å². The zero-order valence-corrected chi connectivity index (χ0v) is 32.0. The summed E-state index contributed by atoms with van der Waals surface area (Å²) in [5.74, 6) is -1.19. The lowest BCUT2D eigenvalue weighted by Crippen LogP contribution is -2.43. The predicted molar refractivity (Wildman–Crippen MR) is 206 cm³/mol. The van der Waals surface area contributed by atoms with Crippen LogP contribution >= 0.6 is 48.5 Å². The van der Waals surface area contributed by atoms with E-state index >= 15 is 0 Å². The summed E-state index contributed by atoms with van der Waals surface area (Å²) in [4.78, 5) is 51.3. The van der Waals surface area contributed by atoms with Gasteiger partial charge < -0.3 is 18.9 Å². The van der Waals surface area contributed by atoms with Gasteiger partial charge in [0.05, 0.1) is 20.5 Å². The number of methoxy groups -OCH3 is 2. The number of hydrogen-bond acceptors (Lipinski definition) is 12. The molecule has 0 amide bonds. The molecule has 51 heavy (non-hydrogen) atoms. The molecule has 0 saturated carbocycles. The van der Waals surface area contributed by atoms with Crippen LogP contribution in [0.3, 0.4) is 0 Å². The third-order valence-corrected chi connectivity index (χ3v) is 9.08. The van der Waals surface area contributed by atoms with E-state index in [2.05, 4.69) is 25.3 Å². The molecule has 2 aliphatic heterocycles. The van der Waals surface area contributed by atoms with Crippen molar-refractivity contribution in [3.8, 4) is 0 Å². The van der Waals surface area contributed by atoms with Crippen LogP contribution in [0, 0.1) is 0 Å². The van der Waals surface area contributed by atoms with Crippen LogP contribution in [0.2, 0.25) is 10.0 Å². The SMILES string of the molecule is C.COC(=O)C(c1ccccc1Cl)N1CC(=CC(=O)OC(C)(C)C)CC(S)C1.COC(=O)C(c1ccccc1Cl)N1CC(=COC=O)CC(S)C1. The number of benzene rings is 2. The van der Waals surface area contributed by atoms with Crippen molar-refractivity contribution in [2.75, 3.05) is 40.4 Å². The van der Waals surface area contributed by atoms with Crippen molar-refractivity contribution in [3.05, 3.63) is 93.2 Å². The first kappa shape index (κ1) is 44.2. The highest BCUT2D eigenvalue weighted by atomic mass is 35.5. The fourth-order valence-electron chi connectivity index (χ4n) is 5.82. The monoisotopic (exact) mass is 782 g/mol. The second-order valence-corrected chi connectivity index (χ2v) is 15.1. The molecule has 0 aliphatic carbocycles. The minimum absolute atomic E-state index is 0. The summed E-state index contributed by atoms with van der Waals surface area (Å²) in [7, 11) is 2.70. The normalized spacial score (nSPS) is 20.9. The maximum absolute atomic E-state index is 12.5. The number of halogens is 2. The third kappa shape index (κ3) is 13.5. The first-order valence-corrected chi connectivity index (χ1v) is 17.6. The molecule has 4 atom stereocenters. The summed E-state index contributed by atoms with van der Waals surface area (Å²) >= 11 is 21.7. The molecule has 280 valence electrons. The van der Waals surface area contributed by atoms with Crippen LogP contribution < -0.4 is 0 Å². The number of rotatable bonds is 9. The molecule has 2 aromatic rings. The zero-order valence-electron chi connectivity index (χ0n) is 28.7. The van der Waals surface area contributed by atoms with Gasteiger partial charge in [-0.15, -0.1) is 0 Å². The second-order valence-electron chi connectivity index (χ2n) is 12.8. The van der Waals surface area contributed by atoms with Gasteiger partial charge in [-0.2, -0.15) is 25.3 Å². The third-order valence-electron chi connectivity index (χ3n) is 7.70. The van der Waals surface area contributed by atoms with Gasteiger partial charge in [0.25, 0.3) is 6.47 Å².